The van der Waals surface area contributed by atoms with E-state index in [1.54, 1.807) is 0 Å². The number of hydrogen-bond donors (Lipinski definition) is 3. The third-order valence-electron chi connectivity index (χ3n) is 1.24. The minimum absolute atomic E-state index is 0. The van der Waals surface area contributed by atoms with Crippen LogP contribution in [0.4, 0.5) is 0 Å². The van der Waals surface area contributed by atoms with Crippen LogP contribution in [0.3, 0.4) is 0 Å². The fourth-order valence-electron chi connectivity index (χ4n) is 0.882. The van der Waals surface area contributed by atoms with Gasteiger partial charge in [-0.1, -0.05) is 0 Å². The van der Waals surface area contributed by atoms with Crippen LogP contribution < -0.4 is 0 Å². The summed E-state index contributed by atoms with van der Waals surface area (Å²) in [4.78, 5) is 30.1. The Hall–Kier alpha value is -1.16. The molecule has 0 rings (SSSR count). The molecular weight excluding hydrogens is 459 g/mol. The van der Waals surface area contributed by atoms with Crippen molar-refractivity contribution in [2.24, 2.45) is 0 Å². The van der Waals surface area contributed by atoms with Crippen molar-refractivity contribution in [2.75, 3.05) is 0 Å². The van der Waals surface area contributed by atoms with E-state index in [0.29, 0.717) is 0 Å². The molecule has 0 radical (unpaired) electrons. The van der Waals surface area contributed by atoms with Gasteiger partial charge in [-0.2, -0.15) is 0 Å². The molecule has 0 heterocycles. The molecule has 7 nitrogen and oxygen atoms in total. The molecule has 0 aliphatic carbocycles. The van der Waals surface area contributed by atoms with Crippen molar-refractivity contribution in [3.63, 3.8) is 0 Å². The number of allylic oxidation sites excluding steroid dienone is 6. The van der Waals surface area contributed by atoms with Crippen molar-refractivity contribution < 1.29 is 72.5 Å². The van der Waals surface area contributed by atoms with Gasteiger partial charge in [-0.05, 0) is 41.5 Å². The smallest absolute Gasteiger partial charge is 0.155 e. The Morgan fingerprint density at radius 2 is 0.696 bits per heavy atom. The molecule has 0 amide bonds. The molecule has 0 spiro atoms. The quantitative estimate of drug-likeness (QED) is 0.413. The van der Waals surface area contributed by atoms with Crippen LogP contribution in [0.15, 0.2) is 35.5 Å². The molecule has 8 heteroatoms. The van der Waals surface area contributed by atoms with Crippen molar-refractivity contribution in [1.82, 2.24) is 0 Å². The predicted molar refractivity (Wildman–Crippen MR) is 84.8 cm³/mol. The van der Waals surface area contributed by atoms with Crippen LogP contribution in [0.25, 0.3) is 0 Å². The molecule has 0 atom stereocenters. The summed E-state index contributed by atoms with van der Waals surface area (Å²) in [6, 6.07) is 0. The zero-order valence-electron chi connectivity index (χ0n) is 14.1. The molecule has 0 saturated carbocycles. The van der Waals surface area contributed by atoms with E-state index in [1.165, 1.54) is 59.8 Å². The topological polar surface area (TPSA) is 143 Å². The van der Waals surface area contributed by atoms with Crippen molar-refractivity contribution in [3.05, 3.63) is 35.5 Å². The number of aliphatic hydroxyl groups excluding tert-OH is 3. The molecule has 0 aromatic heterocycles. The fourth-order valence-corrected chi connectivity index (χ4v) is 0.882. The van der Waals surface area contributed by atoms with Gasteiger partial charge < -0.3 is 20.8 Å². The largest absolute Gasteiger partial charge is 0.512 e. The van der Waals surface area contributed by atoms with Crippen LogP contribution in [0.1, 0.15) is 41.5 Å². The zero-order chi connectivity index (χ0) is 17.6. The number of carbonyl (C=O) groups excluding carboxylic acids is 3. The van der Waals surface area contributed by atoms with Crippen molar-refractivity contribution >= 4 is 17.3 Å². The minimum Gasteiger partial charge on any atom is -0.512 e. The average molecular weight is 486 g/mol. The van der Waals surface area contributed by atoms with Gasteiger partial charge in [-0.15, -0.1) is 0 Å². The maximum absolute atomic E-state index is 10.0. The van der Waals surface area contributed by atoms with E-state index in [2.05, 4.69) is 0 Å². The van der Waals surface area contributed by atoms with E-state index in [0.717, 1.165) is 0 Å². The molecule has 0 aromatic rings. The summed E-state index contributed by atoms with van der Waals surface area (Å²) in [5.74, 6) is -0.187. The SMILES string of the molecule is CC(=O)/C=C(/C)O.CC(=O)/C=C(/C)O.CC(=O)/C=C(\C)O.O.[Er]. The molecule has 0 unspecified atom stereocenters. The summed E-state index contributed by atoms with van der Waals surface area (Å²) in [7, 11) is 0. The van der Waals surface area contributed by atoms with Crippen LogP contribution in [-0.4, -0.2) is 38.1 Å². The Kier molecular flexibility index (Phi) is 30.3. The molecule has 23 heavy (non-hydrogen) atoms. The summed E-state index contributed by atoms with van der Waals surface area (Å²) < 4.78 is 0. The standard InChI is InChI=1S/3C5H8O2.Er.H2O/c3*1-4(6)3-5(2)7;;/h3*3,6H,1-2H3;;1H2/b4-3+;2*4-3-;;. The molecular formula is C15H26ErO7. The van der Waals surface area contributed by atoms with E-state index >= 15 is 0 Å². The van der Waals surface area contributed by atoms with Crippen LogP contribution in [0, 0.1) is 37.3 Å². The van der Waals surface area contributed by atoms with Gasteiger partial charge in [-0.25, -0.2) is 0 Å². The average Bonchev–Trinajstić information content (AvgIpc) is 2.10. The third kappa shape index (κ3) is 63.0. The van der Waals surface area contributed by atoms with Crippen LogP contribution in [0.2, 0.25) is 0 Å². The second-order valence-corrected chi connectivity index (χ2v) is 4.19. The Morgan fingerprint density at radius 1 is 0.565 bits per heavy atom. The van der Waals surface area contributed by atoms with Crippen LogP contribution in [0.5, 0.6) is 0 Å². The van der Waals surface area contributed by atoms with Gasteiger partial charge in [-0.3, -0.25) is 14.4 Å². The number of carbonyl (C=O) groups is 3. The number of aliphatic hydroxyl groups is 3. The first-order valence-electron chi connectivity index (χ1n) is 6.02. The van der Waals surface area contributed by atoms with Crippen LogP contribution in [-0.2, 0) is 14.4 Å². The van der Waals surface area contributed by atoms with Crippen molar-refractivity contribution in [3.8, 4) is 0 Å². The zero-order valence-corrected chi connectivity index (χ0v) is 15.9. The second-order valence-electron chi connectivity index (χ2n) is 4.19. The third-order valence-corrected chi connectivity index (χ3v) is 1.24. The Balaban J connectivity index is -0.0000000675. The summed E-state index contributed by atoms with van der Waals surface area (Å²) in [6.07, 6.45) is 3.50. The first-order valence-corrected chi connectivity index (χ1v) is 6.02. The molecule has 0 aliphatic rings. The Morgan fingerprint density at radius 3 is 0.696 bits per heavy atom. The molecule has 0 aliphatic heterocycles. The Labute approximate surface area is 166 Å². The number of hydrogen-bond acceptors (Lipinski definition) is 6. The van der Waals surface area contributed by atoms with E-state index < -0.39 is 0 Å². The second kappa shape index (κ2) is 20.8. The van der Waals surface area contributed by atoms with E-state index in [1.807, 2.05) is 0 Å². The molecule has 0 saturated heterocycles. The normalized spacial score (nSPS) is 10.4. The summed E-state index contributed by atoms with van der Waals surface area (Å²) >= 11 is 0. The van der Waals surface area contributed by atoms with Gasteiger partial charge in [0.2, 0.25) is 0 Å². The summed E-state index contributed by atoms with van der Waals surface area (Å²) in [5.41, 5.74) is 0. The first-order chi connectivity index (χ1) is 9.38. The molecule has 0 aromatic carbocycles. The minimum atomic E-state index is -0.125. The van der Waals surface area contributed by atoms with Gasteiger partial charge in [0.1, 0.15) is 0 Å². The maximum Gasteiger partial charge on any atom is 0.155 e. The molecule has 0 fully saturated rings. The summed E-state index contributed by atoms with van der Waals surface area (Å²) in [6.45, 7) is 8.54. The first kappa shape index (κ1) is 33.4. The van der Waals surface area contributed by atoms with Crippen molar-refractivity contribution in [1.29, 1.82) is 0 Å². The predicted octanol–water partition coefficient (Wildman–Crippen LogP) is 2.29. The van der Waals surface area contributed by atoms with Gasteiger partial charge >= 0.3 is 0 Å². The monoisotopic (exact) mass is 484 g/mol. The van der Waals surface area contributed by atoms with Gasteiger partial charge in [0, 0.05) is 55.5 Å². The summed E-state index contributed by atoms with van der Waals surface area (Å²) in [5, 5.41) is 25.1. The molecule has 140 valence electrons. The maximum atomic E-state index is 10.0. The van der Waals surface area contributed by atoms with Crippen LogP contribution >= 0.6 is 0 Å². The Bertz CT molecular complexity index is 370. The number of rotatable bonds is 3. The van der Waals surface area contributed by atoms with Gasteiger partial charge in [0.05, 0.1) is 17.3 Å². The fraction of sp³-hybridized carbons (Fsp3) is 0.400. The van der Waals surface area contributed by atoms with Gasteiger partial charge in [0.15, 0.2) is 17.3 Å². The molecule has 0 bridgehead atoms. The van der Waals surface area contributed by atoms with Gasteiger partial charge in [0.25, 0.3) is 0 Å². The van der Waals surface area contributed by atoms with E-state index in [4.69, 9.17) is 15.3 Å². The number of ketones is 3. The van der Waals surface area contributed by atoms with E-state index in [-0.39, 0.29) is 77.4 Å². The van der Waals surface area contributed by atoms with Crippen molar-refractivity contribution in [2.45, 2.75) is 41.5 Å². The van der Waals surface area contributed by atoms with E-state index in [9.17, 15) is 14.4 Å². The molecule has 5 N–H and O–H groups in total.